The Morgan fingerprint density at radius 2 is 1.42 bits per heavy atom. The Bertz CT molecular complexity index is 606. The van der Waals surface area contributed by atoms with Crippen LogP contribution in [0.3, 0.4) is 0 Å². The molecule has 0 aromatic rings. The number of carbonyl (C=O) groups excluding carboxylic acids is 4. The van der Waals surface area contributed by atoms with Crippen LogP contribution < -0.4 is 0 Å². The van der Waals surface area contributed by atoms with Crippen LogP contribution >= 0.6 is 0 Å². The van der Waals surface area contributed by atoms with Crippen LogP contribution in [0, 0.1) is 0 Å². The molecule has 0 fully saturated rings. The monoisotopic (exact) mass is 411 g/mol. The second-order valence-electron chi connectivity index (χ2n) is 5.23. The molecule has 3 atom stereocenters. The van der Waals surface area contributed by atoms with E-state index in [-0.39, 0.29) is 6.42 Å². The molecule has 24 heavy (non-hydrogen) atoms. The maximum atomic E-state index is 11.8. The summed E-state index contributed by atoms with van der Waals surface area (Å²) in [6.07, 6.45) is 2.33. The van der Waals surface area contributed by atoms with Gasteiger partial charge in [0.2, 0.25) is 0 Å². The Balaban J connectivity index is 2.95. The van der Waals surface area contributed by atoms with Crippen LogP contribution in [0.25, 0.3) is 0 Å². The molecule has 127 valence electrons. The summed E-state index contributed by atoms with van der Waals surface area (Å²) in [6.45, 7) is 4.61. The van der Waals surface area contributed by atoms with Gasteiger partial charge in [0.05, 0.1) is 0 Å². The Morgan fingerprint density at radius 1 is 0.833 bits per heavy atom. The number of ether oxygens (including phenoxy) is 3. The number of hydrogen-bond acceptors (Lipinski definition) is 7. The third-order valence-corrected chi connectivity index (χ3v) is 4.67. The van der Waals surface area contributed by atoms with Crippen LogP contribution in [0.4, 0.5) is 0 Å². The molecule has 8 heteroatoms. The zero-order valence-electron chi connectivity index (χ0n) is 13.7. The van der Waals surface area contributed by atoms with Crippen molar-refractivity contribution in [2.45, 2.75) is 45.5 Å². The quantitative estimate of drug-likeness (QED) is 0.425. The first-order valence-electron chi connectivity index (χ1n) is 7.32. The predicted molar refractivity (Wildman–Crippen MR) is 79.6 cm³/mol. The summed E-state index contributed by atoms with van der Waals surface area (Å²) in [5.41, 5.74) is 0. The van der Waals surface area contributed by atoms with Gasteiger partial charge in [-0.3, -0.25) is 0 Å². The number of carbonyl (C=O) groups is 4. The number of hydrogen-bond donors (Lipinski definition) is 0. The van der Waals surface area contributed by atoms with Crippen LogP contribution in [-0.4, -0.2) is 44.3 Å². The summed E-state index contributed by atoms with van der Waals surface area (Å²) in [6, 6.07) is 0. The van der Waals surface area contributed by atoms with E-state index in [9.17, 15) is 19.2 Å². The summed E-state index contributed by atoms with van der Waals surface area (Å²) in [7, 11) is 0. The van der Waals surface area contributed by atoms with Crippen LogP contribution in [0.5, 0.6) is 0 Å². The SMILES string of the molecule is C[C@@H]1OC(=O)C[C@H](C)OC(=O)/C=C/[C](=[Y])[C@H](C)OC(=O)/C=C/C1=O. The van der Waals surface area contributed by atoms with Crippen LogP contribution in [0.15, 0.2) is 24.3 Å². The fraction of sp³-hybridized carbons (Fsp3) is 0.438. The molecule has 0 spiro atoms. The first-order valence-corrected chi connectivity index (χ1v) is 8.74. The van der Waals surface area contributed by atoms with E-state index in [1.807, 2.05) is 0 Å². The third kappa shape index (κ3) is 7.40. The second-order valence-corrected chi connectivity index (χ2v) is 6.87. The first-order chi connectivity index (χ1) is 11.2. The maximum absolute atomic E-state index is 11.8. The molecular weight excluding hydrogens is 393 g/mol. The van der Waals surface area contributed by atoms with Gasteiger partial charge in [-0.15, -0.1) is 0 Å². The number of ketones is 1. The normalized spacial score (nSPS) is 30.2. The van der Waals surface area contributed by atoms with Gasteiger partial charge in [0, 0.05) is 0 Å². The van der Waals surface area contributed by atoms with Gasteiger partial charge in [-0.25, -0.2) is 0 Å². The van der Waals surface area contributed by atoms with E-state index < -0.39 is 42.0 Å². The van der Waals surface area contributed by atoms with Crippen molar-refractivity contribution < 1.29 is 63.8 Å². The van der Waals surface area contributed by atoms with Crippen molar-refractivity contribution in [1.82, 2.24) is 0 Å². The van der Waals surface area contributed by atoms with Crippen LogP contribution in [0.1, 0.15) is 27.2 Å². The Labute approximate surface area is 159 Å². The minimum atomic E-state index is -1.05. The van der Waals surface area contributed by atoms with Crippen molar-refractivity contribution >= 4 is 26.0 Å². The van der Waals surface area contributed by atoms with Crippen LogP contribution in [-0.2, 0) is 63.8 Å². The molecule has 0 N–H and O–H groups in total. The molecule has 0 aliphatic carbocycles. The van der Waals surface area contributed by atoms with Gasteiger partial charge in [-0.05, 0) is 0 Å². The molecule has 1 rings (SSSR count). The predicted octanol–water partition coefficient (Wildman–Crippen LogP) is 0.586. The van der Waals surface area contributed by atoms with Crippen molar-refractivity contribution in [1.29, 1.82) is 0 Å². The summed E-state index contributed by atoms with van der Waals surface area (Å²) < 4.78 is 15.9. The van der Waals surface area contributed by atoms with Crippen LogP contribution in [0.2, 0.25) is 0 Å². The van der Waals surface area contributed by atoms with E-state index >= 15 is 0 Å². The van der Waals surface area contributed by atoms with Crippen molar-refractivity contribution in [3.8, 4) is 0 Å². The van der Waals surface area contributed by atoms with Gasteiger partial charge < -0.3 is 0 Å². The van der Waals surface area contributed by atoms with E-state index in [1.54, 1.807) is 13.8 Å². The molecule has 0 saturated carbocycles. The molecule has 0 radical (unpaired) electrons. The molecule has 0 bridgehead atoms. The summed E-state index contributed by atoms with van der Waals surface area (Å²) >= 11 is 0.640. The van der Waals surface area contributed by atoms with Crippen molar-refractivity contribution in [2.24, 2.45) is 0 Å². The summed E-state index contributed by atoms with van der Waals surface area (Å²) in [5, 5.41) is 0. The Hall–Kier alpha value is -1.47. The Kier molecular flexibility index (Phi) is 8.35. The topological polar surface area (TPSA) is 96.0 Å². The molecule has 7 nitrogen and oxygen atoms in total. The zero-order chi connectivity index (χ0) is 18.3. The molecular formula is C16H18O7Y. The molecule has 1 aliphatic rings. The van der Waals surface area contributed by atoms with E-state index in [0.29, 0.717) is 30.4 Å². The van der Waals surface area contributed by atoms with Gasteiger partial charge in [-0.1, -0.05) is 0 Å². The van der Waals surface area contributed by atoms with Crippen molar-refractivity contribution in [3.05, 3.63) is 24.3 Å². The summed E-state index contributed by atoms with van der Waals surface area (Å²) in [4.78, 5) is 46.9. The summed E-state index contributed by atoms with van der Waals surface area (Å²) in [5.74, 6) is -2.53. The van der Waals surface area contributed by atoms with Crippen molar-refractivity contribution in [3.63, 3.8) is 0 Å². The zero-order valence-corrected chi connectivity index (χ0v) is 16.5. The number of esters is 3. The fourth-order valence-corrected chi connectivity index (χ4v) is 2.09. The van der Waals surface area contributed by atoms with Gasteiger partial charge >= 0.3 is 160 Å². The molecule has 0 amide bonds. The third-order valence-electron chi connectivity index (χ3n) is 3.04. The number of cyclic esters (lactones) is 3. The average molecular weight is 411 g/mol. The molecule has 0 aromatic heterocycles. The second kappa shape index (κ2) is 9.74. The molecule has 0 unspecified atom stereocenters. The van der Waals surface area contributed by atoms with E-state index in [4.69, 9.17) is 14.2 Å². The van der Waals surface area contributed by atoms with Gasteiger partial charge in [0.1, 0.15) is 0 Å². The standard InChI is InChI=1S/C16H18O7.Y/c1-10-5-4-6-14(18)22-11(2)9-16(20)23-12(3)13(17)7-8-15(19)21-10;/h4,6-8,10-12H,9H2,1-3H3;/b6-4+,8-7+;/t10-,11-,12-;/m0./s1. The molecule has 1 heterocycles. The fourth-order valence-electron chi connectivity index (χ4n) is 1.68. The first kappa shape index (κ1) is 20.6. The van der Waals surface area contributed by atoms with Crippen molar-refractivity contribution in [2.75, 3.05) is 0 Å². The van der Waals surface area contributed by atoms with Gasteiger partial charge in [0.25, 0.3) is 0 Å². The van der Waals surface area contributed by atoms with E-state index in [1.165, 1.54) is 19.1 Å². The van der Waals surface area contributed by atoms with E-state index in [2.05, 4.69) is 0 Å². The van der Waals surface area contributed by atoms with Gasteiger partial charge in [-0.2, -0.15) is 0 Å². The number of rotatable bonds is 0. The molecule has 0 aromatic carbocycles. The molecule has 1 aliphatic heterocycles. The minimum absolute atomic E-state index is 0.170. The average Bonchev–Trinajstić information content (AvgIpc) is 2.48. The van der Waals surface area contributed by atoms with E-state index in [0.717, 1.165) is 14.5 Å². The Morgan fingerprint density at radius 3 is 2.08 bits per heavy atom. The molecule has 0 saturated heterocycles. The van der Waals surface area contributed by atoms with Gasteiger partial charge in [0.15, 0.2) is 0 Å².